The summed E-state index contributed by atoms with van der Waals surface area (Å²) in [5, 5.41) is 5.57. The topological polar surface area (TPSA) is 45.6 Å². The van der Waals surface area contributed by atoms with Gasteiger partial charge in [-0.3, -0.25) is 9.88 Å². The zero-order valence-corrected chi connectivity index (χ0v) is 22.2. The molecule has 184 valence electrons. The van der Waals surface area contributed by atoms with Crippen molar-refractivity contribution < 1.29 is 4.74 Å². The first-order valence-corrected chi connectivity index (χ1v) is 13.0. The third-order valence-corrected chi connectivity index (χ3v) is 7.79. The highest BCUT2D eigenvalue weighted by molar-refractivity contribution is 7.80. The highest BCUT2D eigenvalue weighted by atomic mass is 35.5. The minimum Gasteiger partial charge on any atom is -0.379 e. The fraction of sp³-hybridized carbons (Fsp3) is 0.385. The van der Waals surface area contributed by atoms with Gasteiger partial charge in [-0.25, -0.2) is 0 Å². The second kappa shape index (κ2) is 10.4. The Kier molecular flexibility index (Phi) is 7.32. The van der Waals surface area contributed by atoms with Crippen LogP contribution in [0.3, 0.4) is 0 Å². The van der Waals surface area contributed by atoms with E-state index >= 15 is 0 Å². The Balaban J connectivity index is 1.54. The van der Waals surface area contributed by atoms with Gasteiger partial charge in [0.05, 0.1) is 41.7 Å². The average Bonchev–Trinajstić information content (AvgIpc) is 3.34. The Morgan fingerprint density at radius 2 is 1.89 bits per heavy atom. The molecule has 0 aliphatic carbocycles. The van der Waals surface area contributed by atoms with Crippen molar-refractivity contribution in [2.75, 3.05) is 39.4 Å². The van der Waals surface area contributed by atoms with Gasteiger partial charge in [-0.15, -0.1) is 0 Å². The molecule has 4 heterocycles. The minimum absolute atomic E-state index is 0.00414. The number of benzene rings is 1. The summed E-state index contributed by atoms with van der Waals surface area (Å²) in [6, 6.07) is 13.9. The highest BCUT2D eigenvalue weighted by Gasteiger charge is 2.41. The number of hydrogen-bond donors (Lipinski definition) is 1. The standard InChI is InChI=1S/C26H29Cl2N5OS/c1-17-15-20(18(2)33(17)23-7-6-19(27)16-21(23)28)25-24(22-5-3-4-8-29-22)30-26(35)32(25)10-9-31-11-13-34-14-12-31/h3-8,15-16,24-25H,9-14H2,1-2H3,(H,30,35)/t24-,25-/m1/s1. The smallest absolute Gasteiger partial charge is 0.170 e. The lowest BCUT2D eigenvalue weighted by Crippen LogP contribution is -2.42. The Hall–Kier alpha value is -2.16. The van der Waals surface area contributed by atoms with Gasteiger partial charge < -0.3 is 19.5 Å². The maximum absolute atomic E-state index is 6.61. The van der Waals surface area contributed by atoms with Crippen molar-refractivity contribution in [3.8, 4) is 5.69 Å². The number of thiocarbonyl (C=S) groups is 1. The average molecular weight is 531 g/mol. The van der Waals surface area contributed by atoms with E-state index in [-0.39, 0.29) is 12.1 Å². The SMILES string of the molecule is Cc1cc([C@@H]2[C@@H](c3ccccn3)NC(=S)N2CCN2CCOCC2)c(C)n1-c1ccc(Cl)cc1Cl. The Bertz CT molecular complexity index is 1210. The number of nitrogens with zero attached hydrogens (tertiary/aromatic N) is 4. The number of halogens is 2. The fourth-order valence-corrected chi connectivity index (χ4v) is 6.00. The van der Waals surface area contributed by atoms with Gasteiger partial charge in [0, 0.05) is 48.8 Å². The molecule has 1 N–H and O–H groups in total. The fourth-order valence-electron chi connectivity index (χ4n) is 5.18. The largest absolute Gasteiger partial charge is 0.379 e. The molecule has 2 fully saturated rings. The van der Waals surface area contributed by atoms with Crippen molar-refractivity contribution in [3.63, 3.8) is 0 Å². The molecule has 2 aromatic heterocycles. The molecule has 0 radical (unpaired) electrons. The minimum atomic E-state index is -0.0528. The second-order valence-corrected chi connectivity index (χ2v) is 10.3. The summed E-state index contributed by atoms with van der Waals surface area (Å²) >= 11 is 18.7. The summed E-state index contributed by atoms with van der Waals surface area (Å²) in [5.74, 6) is 0. The molecular formula is C26H29Cl2N5OS. The van der Waals surface area contributed by atoms with Crippen molar-refractivity contribution in [3.05, 3.63) is 81.4 Å². The van der Waals surface area contributed by atoms with Gasteiger partial charge in [-0.05, 0) is 68.0 Å². The van der Waals surface area contributed by atoms with Crippen LogP contribution in [0.25, 0.3) is 5.69 Å². The summed E-state index contributed by atoms with van der Waals surface area (Å²) in [7, 11) is 0. The third-order valence-electron chi connectivity index (χ3n) is 6.90. The maximum atomic E-state index is 6.61. The number of rotatable bonds is 6. The zero-order chi connectivity index (χ0) is 24.5. The number of morpholine rings is 1. The molecule has 2 aliphatic rings. The molecule has 0 bridgehead atoms. The molecule has 0 saturated carbocycles. The second-order valence-electron chi connectivity index (χ2n) is 9.03. The number of ether oxygens (including phenoxy) is 1. The van der Waals surface area contributed by atoms with Crippen LogP contribution in [0.1, 0.15) is 34.7 Å². The molecule has 0 spiro atoms. The molecule has 2 aliphatic heterocycles. The monoisotopic (exact) mass is 529 g/mol. The molecule has 0 unspecified atom stereocenters. The Labute approximate surface area is 221 Å². The van der Waals surface area contributed by atoms with Crippen LogP contribution in [-0.4, -0.2) is 63.9 Å². The van der Waals surface area contributed by atoms with Crippen LogP contribution < -0.4 is 5.32 Å². The van der Waals surface area contributed by atoms with Gasteiger partial charge in [-0.2, -0.15) is 0 Å². The predicted octanol–water partition coefficient (Wildman–Crippen LogP) is 5.10. The van der Waals surface area contributed by atoms with E-state index in [0.717, 1.165) is 67.3 Å². The lowest BCUT2D eigenvalue weighted by Gasteiger charge is -2.32. The first kappa shape index (κ1) is 24.5. The van der Waals surface area contributed by atoms with Gasteiger partial charge in [0.15, 0.2) is 5.11 Å². The van der Waals surface area contributed by atoms with Crippen molar-refractivity contribution >= 4 is 40.5 Å². The van der Waals surface area contributed by atoms with E-state index < -0.39 is 0 Å². The molecule has 3 aromatic rings. The Morgan fingerprint density at radius 1 is 1.09 bits per heavy atom. The van der Waals surface area contributed by atoms with E-state index in [4.69, 9.17) is 40.2 Å². The van der Waals surface area contributed by atoms with Crippen LogP contribution in [0, 0.1) is 13.8 Å². The summed E-state index contributed by atoms with van der Waals surface area (Å²) in [6.07, 6.45) is 1.84. The predicted molar refractivity (Wildman–Crippen MR) is 145 cm³/mol. The van der Waals surface area contributed by atoms with E-state index in [1.165, 1.54) is 5.56 Å². The van der Waals surface area contributed by atoms with Crippen molar-refractivity contribution in [2.45, 2.75) is 25.9 Å². The van der Waals surface area contributed by atoms with E-state index in [0.29, 0.717) is 10.0 Å². The quantitative estimate of drug-likeness (QED) is 0.448. The van der Waals surface area contributed by atoms with E-state index in [2.05, 4.69) is 50.6 Å². The van der Waals surface area contributed by atoms with Crippen molar-refractivity contribution in [1.29, 1.82) is 0 Å². The zero-order valence-electron chi connectivity index (χ0n) is 19.9. The normalized spacial score (nSPS) is 20.9. The van der Waals surface area contributed by atoms with Crippen molar-refractivity contribution in [2.24, 2.45) is 0 Å². The molecule has 35 heavy (non-hydrogen) atoms. The highest BCUT2D eigenvalue weighted by Crippen LogP contribution is 2.42. The number of aromatic nitrogens is 2. The van der Waals surface area contributed by atoms with Crippen LogP contribution in [0.15, 0.2) is 48.7 Å². The number of aryl methyl sites for hydroxylation is 1. The van der Waals surface area contributed by atoms with Gasteiger partial charge in [0.1, 0.15) is 0 Å². The molecular weight excluding hydrogens is 501 g/mol. The van der Waals surface area contributed by atoms with E-state index in [1.807, 2.05) is 30.5 Å². The molecule has 5 rings (SSSR count). The number of pyridine rings is 1. The maximum Gasteiger partial charge on any atom is 0.170 e. The summed E-state index contributed by atoms with van der Waals surface area (Å²) in [5.41, 5.74) is 5.33. The van der Waals surface area contributed by atoms with Crippen molar-refractivity contribution in [1.82, 2.24) is 24.7 Å². The first-order valence-electron chi connectivity index (χ1n) is 11.9. The van der Waals surface area contributed by atoms with Crippen LogP contribution >= 0.6 is 35.4 Å². The van der Waals surface area contributed by atoms with E-state index in [9.17, 15) is 0 Å². The van der Waals surface area contributed by atoms with Crippen LogP contribution in [0.4, 0.5) is 0 Å². The molecule has 6 nitrogen and oxygen atoms in total. The molecule has 2 saturated heterocycles. The number of hydrogen-bond acceptors (Lipinski definition) is 4. The van der Waals surface area contributed by atoms with Gasteiger partial charge in [0.25, 0.3) is 0 Å². The lowest BCUT2D eigenvalue weighted by atomic mass is 9.96. The molecule has 0 amide bonds. The molecule has 1 aromatic carbocycles. The van der Waals surface area contributed by atoms with Crippen LogP contribution in [0.2, 0.25) is 10.0 Å². The van der Waals surface area contributed by atoms with Gasteiger partial charge in [0.2, 0.25) is 0 Å². The summed E-state index contributed by atoms with van der Waals surface area (Å²) in [6.45, 7) is 9.47. The van der Waals surface area contributed by atoms with Gasteiger partial charge >= 0.3 is 0 Å². The van der Waals surface area contributed by atoms with E-state index in [1.54, 1.807) is 6.07 Å². The first-order chi connectivity index (χ1) is 16.9. The summed E-state index contributed by atoms with van der Waals surface area (Å²) in [4.78, 5) is 9.44. The third kappa shape index (κ3) is 4.93. The Morgan fingerprint density at radius 3 is 2.60 bits per heavy atom. The van der Waals surface area contributed by atoms with Gasteiger partial charge in [-0.1, -0.05) is 29.3 Å². The molecule has 2 atom stereocenters. The summed E-state index contributed by atoms with van der Waals surface area (Å²) < 4.78 is 7.72. The lowest BCUT2D eigenvalue weighted by molar-refractivity contribution is 0.0350. The number of nitrogens with one attached hydrogen (secondary N) is 1. The van der Waals surface area contributed by atoms with Crippen LogP contribution in [0.5, 0.6) is 0 Å². The van der Waals surface area contributed by atoms with Crippen LogP contribution in [-0.2, 0) is 4.74 Å². The molecule has 9 heteroatoms.